The van der Waals surface area contributed by atoms with Crippen LogP contribution in [-0.2, 0) is 9.53 Å². The molecule has 0 aromatic heterocycles. The highest BCUT2D eigenvalue weighted by molar-refractivity contribution is 5.69. The van der Waals surface area contributed by atoms with Crippen LogP contribution in [0, 0.1) is 80.8 Å². The lowest BCUT2D eigenvalue weighted by Gasteiger charge is -2.61. The number of methoxy groups -OCH3 is 1. The van der Waals surface area contributed by atoms with Crippen molar-refractivity contribution in [2.24, 2.45) is 91.7 Å². The SMILES string of the molecule is CC12CCC3C(CCC4CC(N)CCC43C)C1CCC2CCO.COC(=O)CC1CCC2C3CCC4CC(N=[N+]=[N-])CCC4(C)C3CCC12C. The smallest absolute Gasteiger partial charge is 0.305 e. The van der Waals surface area contributed by atoms with Gasteiger partial charge in [0, 0.05) is 30.0 Å². The van der Waals surface area contributed by atoms with Gasteiger partial charge in [-0.2, -0.15) is 0 Å². The summed E-state index contributed by atoms with van der Waals surface area (Å²) in [5.74, 6) is 8.15. The molecule has 7 heteroatoms. The zero-order valence-corrected chi connectivity index (χ0v) is 32.5. The van der Waals surface area contributed by atoms with Crippen LogP contribution in [0.4, 0.5) is 0 Å². The van der Waals surface area contributed by atoms with E-state index in [-0.39, 0.29) is 12.0 Å². The number of nitrogens with two attached hydrogens (primary N) is 1. The van der Waals surface area contributed by atoms with Gasteiger partial charge in [-0.15, -0.1) is 0 Å². The monoisotopic (exact) mass is 693 g/mol. The predicted molar refractivity (Wildman–Crippen MR) is 200 cm³/mol. The van der Waals surface area contributed by atoms with Crippen molar-refractivity contribution < 1.29 is 14.6 Å². The molecule has 8 aliphatic rings. The molecule has 16 atom stereocenters. The molecule has 0 saturated heterocycles. The Morgan fingerprint density at radius 2 is 1.24 bits per heavy atom. The third kappa shape index (κ3) is 6.08. The number of ether oxygens (including phenoxy) is 1. The Hall–Kier alpha value is -1.30. The van der Waals surface area contributed by atoms with E-state index in [1.165, 1.54) is 110 Å². The van der Waals surface area contributed by atoms with Crippen LogP contribution in [0.3, 0.4) is 0 Å². The molecular weight excluding hydrogens is 620 g/mol. The van der Waals surface area contributed by atoms with Gasteiger partial charge in [0.05, 0.1) is 7.11 Å². The average molecular weight is 693 g/mol. The normalized spacial score (nSPS) is 51.9. The van der Waals surface area contributed by atoms with E-state index >= 15 is 0 Å². The molecule has 8 aliphatic carbocycles. The average Bonchev–Trinajstić information content (AvgIpc) is 3.61. The number of hydrogen-bond donors (Lipinski definition) is 2. The highest BCUT2D eigenvalue weighted by Gasteiger charge is 2.61. The maximum atomic E-state index is 11.9. The minimum Gasteiger partial charge on any atom is -0.469 e. The number of aliphatic hydroxyl groups is 1. The van der Waals surface area contributed by atoms with Gasteiger partial charge in [-0.25, -0.2) is 0 Å². The molecule has 3 N–H and O–H groups in total. The molecule has 0 aliphatic heterocycles. The van der Waals surface area contributed by atoms with Gasteiger partial charge in [0.15, 0.2) is 0 Å². The fraction of sp³-hybridized carbons (Fsp3) is 0.977. The summed E-state index contributed by atoms with van der Waals surface area (Å²) in [5.41, 5.74) is 17.0. The number of aliphatic hydroxyl groups excluding tert-OH is 1. The topological polar surface area (TPSA) is 121 Å². The summed E-state index contributed by atoms with van der Waals surface area (Å²) < 4.78 is 4.99. The molecule has 0 bridgehead atoms. The fourth-order valence-corrected chi connectivity index (χ4v) is 16.2. The number of carbonyl (C=O) groups excluding carboxylic acids is 1. The molecule has 8 saturated carbocycles. The molecule has 50 heavy (non-hydrogen) atoms. The minimum absolute atomic E-state index is 0.0314. The van der Waals surface area contributed by atoms with E-state index in [2.05, 4.69) is 37.7 Å². The van der Waals surface area contributed by atoms with Crippen molar-refractivity contribution in [2.45, 2.75) is 168 Å². The van der Waals surface area contributed by atoms with Crippen LogP contribution in [-0.4, -0.2) is 36.9 Å². The lowest BCUT2D eigenvalue weighted by molar-refractivity contribution is -0.145. The van der Waals surface area contributed by atoms with E-state index in [1.807, 2.05) is 0 Å². The summed E-state index contributed by atoms with van der Waals surface area (Å²) in [6, 6.07) is 0.688. The second-order valence-corrected chi connectivity index (χ2v) is 20.4. The summed E-state index contributed by atoms with van der Waals surface area (Å²) in [5, 5.41) is 13.5. The van der Waals surface area contributed by atoms with Crippen molar-refractivity contribution >= 4 is 5.97 Å². The van der Waals surface area contributed by atoms with Gasteiger partial charge in [-0.3, -0.25) is 4.79 Å². The van der Waals surface area contributed by atoms with Gasteiger partial charge < -0.3 is 15.6 Å². The van der Waals surface area contributed by atoms with E-state index in [1.54, 1.807) is 0 Å². The molecule has 0 aromatic rings. The van der Waals surface area contributed by atoms with Crippen LogP contribution >= 0.6 is 0 Å². The highest BCUT2D eigenvalue weighted by Crippen LogP contribution is 2.69. The molecule has 0 radical (unpaired) electrons. The van der Waals surface area contributed by atoms with Crippen LogP contribution in [0.25, 0.3) is 10.4 Å². The van der Waals surface area contributed by atoms with Crippen molar-refractivity contribution in [2.75, 3.05) is 13.7 Å². The van der Waals surface area contributed by atoms with E-state index in [4.69, 9.17) is 16.0 Å². The zero-order valence-electron chi connectivity index (χ0n) is 32.5. The van der Waals surface area contributed by atoms with Gasteiger partial charge in [0.1, 0.15) is 0 Å². The second kappa shape index (κ2) is 14.2. The van der Waals surface area contributed by atoms with Crippen LogP contribution in [0.1, 0.15) is 156 Å². The van der Waals surface area contributed by atoms with Crippen LogP contribution < -0.4 is 5.73 Å². The lowest BCUT2D eigenvalue weighted by Crippen LogP contribution is -2.54. The molecule has 0 aromatic carbocycles. The minimum atomic E-state index is -0.0314. The Bertz CT molecular complexity index is 1290. The zero-order chi connectivity index (χ0) is 35.5. The number of rotatable bonds is 5. The van der Waals surface area contributed by atoms with E-state index in [9.17, 15) is 9.90 Å². The molecule has 7 nitrogen and oxygen atoms in total. The van der Waals surface area contributed by atoms with Gasteiger partial charge in [0.2, 0.25) is 0 Å². The van der Waals surface area contributed by atoms with Crippen molar-refractivity contribution in [3.63, 3.8) is 0 Å². The summed E-state index contributed by atoms with van der Waals surface area (Å²) in [6.07, 6.45) is 25.2. The van der Waals surface area contributed by atoms with Crippen LogP contribution in [0.2, 0.25) is 0 Å². The lowest BCUT2D eigenvalue weighted by atomic mass is 9.44. The van der Waals surface area contributed by atoms with Crippen molar-refractivity contribution in [3.8, 4) is 0 Å². The first-order valence-corrected chi connectivity index (χ1v) is 21.4. The summed E-state index contributed by atoms with van der Waals surface area (Å²) in [6.45, 7) is 10.6. The first-order valence-electron chi connectivity index (χ1n) is 21.4. The molecule has 0 spiro atoms. The predicted octanol–water partition coefficient (Wildman–Crippen LogP) is 10.2. The number of esters is 1. The van der Waals surface area contributed by atoms with Gasteiger partial charge >= 0.3 is 5.97 Å². The highest BCUT2D eigenvalue weighted by atomic mass is 16.5. The first-order chi connectivity index (χ1) is 23.9. The molecule has 8 fully saturated rings. The molecule has 8 rings (SSSR count). The Balaban J connectivity index is 0.000000159. The largest absolute Gasteiger partial charge is 0.469 e. The second-order valence-electron chi connectivity index (χ2n) is 20.4. The van der Waals surface area contributed by atoms with Crippen LogP contribution in [0.15, 0.2) is 5.11 Å². The van der Waals surface area contributed by atoms with E-state index < -0.39 is 0 Å². The molecular formula is C43H72N4O3. The first kappa shape index (κ1) is 37.0. The molecule has 0 heterocycles. The third-order valence-corrected chi connectivity index (χ3v) is 19.1. The van der Waals surface area contributed by atoms with Crippen molar-refractivity contribution in [3.05, 3.63) is 10.4 Å². The molecule has 0 amide bonds. The van der Waals surface area contributed by atoms with Crippen molar-refractivity contribution in [1.82, 2.24) is 0 Å². The van der Waals surface area contributed by atoms with Gasteiger partial charge in [-0.05, 0) is 208 Å². The number of carbonyl (C=O) groups is 1. The number of azide groups is 1. The maximum absolute atomic E-state index is 11.9. The number of nitrogens with zero attached hydrogens (tertiary/aromatic N) is 3. The van der Waals surface area contributed by atoms with Crippen molar-refractivity contribution in [1.29, 1.82) is 0 Å². The summed E-state index contributed by atoms with van der Waals surface area (Å²) in [4.78, 5) is 15.0. The Labute approximate surface area is 304 Å². The molecule has 16 unspecified atom stereocenters. The Morgan fingerprint density at radius 1 is 0.720 bits per heavy atom. The Morgan fingerprint density at radius 3 is 1.82 bits per heavy atom. The quantitative estimate of drug-likeness (QED) is 0.129. The van der Waals surface area contributed by atoms with Gasteiger partial charge in [-0.1, -0.05) is 32.8 Å². The van der Waals surface area contributed by atoms with E-state index in [0.717, 1.165) is 72.5 Å². The fourth-order valence-electron chi connectivity index (χ4n) is 16.2. The Kier molecular flexibility index (Phi) is 10.5. The maximum Gasteiger partial charge on any atom is 0.305 e. The summed E-state index contributed by atoms with van der Waals surface area (Å²) >= 11 is 0. The summed E-state index contributed by atoms with van der Waals surface area (Å²) in [7, 11) is 1.52. The number of hydrogen-bond acceptors (Lipinski definition) is 5. The standard InChI is InChI=1S/C22H35N3O2.C21H37NO/c1-21-10-8-16(24-25-23)12-14(21)4-6-17-18-7-5-15(13-20(26)27-3)22(18,2)11-9-19(17)21;1-20-11-8-19-17(18(20)6-4-14(20)9-12-23)5-3-15-13-16(22)7-10-21(15,19)2/h14-19H,4-13H2,1-3H3;14-19,23H,3-13,22H2,1-2H3. The third-order valence-electron chi connectivity index (χ3n) is 19.1. The van der Waals surface area contributed by atoms with Gasteiger partial charge in [0.25, 0.3) is 0 Å². The van der Waals surface area contributed by atoms with E-state index in [0.29, 0.717) is 46.6 Å². The molecule has 282 valence electrons. The van der Waals surface area contributed by atoms with Crippen LogP contribution in [0.5, 0.6) is 0 Å². The number of fused-ring (bicyclic) bond motifs is 10.